The van der Waals surface area contributed by atoms with Crippen LogP contribution in [0.4, 0.5) is 20.3 Å². The van der Waals surface area contributed by atoms with Crippen molar-refractivity contribution >= 4 is 34.0 Å². The van der Waals surface area contributed by atoms with Crippen LogP contribution in [0.3, 0.4) is 0 Å². The zero-order valence-electron chi connectivity index (χ0n) is 13.1. The van der Waals surface area contributed by atoms with Crippen LogP contribution in [0.1, 0.15) is 0 Å². The van der Waals surface area contributed by atoms with Crippen LogP contribution in [-0.2, 0) is 0 Å². The van der Waals surface area contributed by atoms with Gasteiger partial charge in [0, 0.05) is 27.7 Å². The molecule has 0 aliphatic heterocycles. The highest BCUT2D eigenvalue weighted by Gasteiger charge is 2.12. The first-order valence-corrected chi connectivity index (χ1v) is 7.94. The maximum atomic E-state index is 13.5. The molecule has 2 aromatic carbocycles. The van der Waals surface area contributed by atoms with E-state index in [1.165, 1.54) is 18.5 Å². The number of hydrogen-bond donors (Lipinski definition) is 1. The molecule has 0 fully saturated rings. The molecule has 26 heavy (non-hydrogen) atoms. The monoisotopic (exact) mass is 369 g/mol. The molecule has 0 aliphatic carbocycles. The van der Waals surface area contributed by atoms with Crippen LogP contribution in [0.15, 0.2) is 54.9 Å². The Morgan fingerprint density at radius 3 is 2.54 bits per heavy atom. The summed E-state index contributed by atoms with van der Waals surface area (Å²) in [5.74, 6) is -1.03. The standard InChI is InChI=1S/C18H10ClF2N5/c19-11-1-3-13-16(7-11)25-17(10-5-6-22-23-9-10)26-18(13)24-12-2-4-14(20)15(21)8-12/h1-9H,(H,24,25,26). The van der Waals surface area contributed by atoms with E-state index in [1.807, 2.05) is 0 Å². The van der Waals surface area contributed by atoms with Gasteiger partial charge in [-0.15, -0.1) is 0 Å². The Balaban J connectivity index is 1.87. The van der Waals surface area contributed by atoms with Crippen LogP contribution in [0.25, 0.3) is 22.3 Å². The van der Waals surface area contributed by atoms with E-state index in [0.717, 1.165) is 12.1 Å². The number of benzene rings is 2. The van der Waals surface area contributed by atoms with Crippen molar-refractivity contribution in [2.24, 2.45) is 0 Å². The van der Waals surface area contributed by atoms with E-state index in [0.29, 0.717) is 38.8 Å². The predicted octanol–water partition coefficient (Wildman–Crippen LogP) is 4.76. The van der Waals surface area contributed by atoms with E-state index in [2.05, 4.69) is 25.5 Å². The summed E-state index contributed by atoms with van der Waals surface area (Å²) in [4.78, 5) is 9.00. The van der Waals surface area contributed by atoms with E-state index in [9.17, 15) is 8.78 Å². The minimum Gasteiger partial charge on any atom is -0.340 e. The van der Waals surface area contributed by atoms with Gasteiger partial charge in [-0.1, -0.05) is 11.6 Å². The fraction of sp³-hybridized carbons (Fsp3) is 0. The molecular weight excluding hydrogens is 360 g/mol. The molecule has 8 heteroatoms. The van der Waals surface area contributed by atoms with Gasteiger partial charge < -0.3 is 5.32 Å². The lowest BCUT2D eigenvalue weighted by molar-refractivity contribution is 0.509. The van der Waals surface area contributed by atoms with Crippen LogP contribution >= 0.6 is 11.6 Å². The third-order valence-corrected chi connectivity index (χ3v) is 3.92. The molecule has 5 nitrogen and oxygen atoms in total. The Labute approximate surface area is 151 Å². The molecule has 0 amide bonds. The summed E-state index contributed by atoms with van der Waals surface area (Å²) in [5.41, 5.74) is 1.62. The smallest absolute Gasteiger partial charge is 0.163 e. The van der Waals surface area contributed by atoms with Crippen molar-refractivity contribution < 1.29 is 8.78 Å². The van der Waals surface area contributed by atoms with E-state index < -0.39 is 11.6 Å². The highest BCUT2D eigenvalue weighted by molar-refractivity contribution is 6.31. The van der Waals surface area contributed by atoms with Gasteiger partial charge >= 0.3 is 0 Å². The topological polar surface area (TPSA) is 63.6 Å². The first-order chi connectivity index (χ1) is 12.6. The maximum Gasteiger partial charge on any atom is 0.163 e. The Bertz CT molecular complexity index is 1110. The molecule has 128 valence electrons. The number of aromatic nitrogens is 4. The Morgan fingerprint density at radius 2 is 1.77 bits per heavy atom. The molecular formula is C18H10ClF2N5. The van der Waals surface area contributed by atoms with Gasteiger partial charge in [0.15, 0.2) is 17.5 Å². The fourth-order valence-corrected chi connectivity index (χ4v) is 2.63. The number of rotatable bonds is 3. The van der Waals surface area contributed by atoms with Crippen LogP contribution in [0.5, 0.6) is 0 Å². The first-order valence-electron chi connectivity index (χ1n) is 7.56. The average molecular weight is 370 g/mol. The lowest BCUT2D eigenvalue weighted by atomic mass is 10.2. The van der Waals surface area contributed by atoms with Gasteiger partial charge in [-0.25, -0.2) is 18.7 Å². The summed E-state index contributed by atoms with van der Waals surface area (Å²) in [6.45, 7) is 0. The van der Waals surface area contributed by atoms with Crippen LogP contribution in [0.2, 0.25) is 5.02 Å². The zero-order valence-corrected chi connectivity index (χ0v) is 13.9. The van der Waals surface area contributed by atoms with Crippen molar-refractivity contribution in [3.05, 3.63) is 71.5 Å². The quantitative estimate of drug-likeness (QED) is 0.564. The van der Waals surface area contributed by atoms with E-state index in [1.54, 1.807) is 24.3 Å². The minimum atomic E-state index is -0.949. The molecule has 2 heterocycles. The van der Waals surface area contributed by atoms with E-state index in [-0.39, 0.29) is 0 Å². The summed E-state index contributed by atoms with van der Waals surface area (Å²) >= 11 is 6.07. The summed E-state index contributed by atoms with van der Waals surface area (Å²) in [7, 11) is 0. The van der Waals surface area contributed by atoms with Crippen molar-refractivity contribution in [3.63, 3.8) is 0 Å². The lowest BCUT2D eigenvalue weighted by Gasteiger charge is -2.11. The van der Waals surface area contributed by atoms with Gasteiger partial charge in [-0.2, -0.15) is 10.2 Å². The van der Waals surface area contributed by atoms with Crippen molar-refractivity contribution in [1.29, 1.82) is 0 Å². The number of hydrogen-bond acceptors (Lipinski definition) is 5. The molecule has 0 saturated carbocycles. The van der Waals surface area contributed by atoms with Crippen molar-refractivity contribution in [1.82, 2.24) is 20.2 Å². The summed E-state index contributed by atoms with van der Waals surface area (Å²) < 4.78 is 26.7. The summed E-state index contributed by atoms with van der Waals surface area (Å²) in [6, 6.07) is 10.4. The number of halogens is 3. The molecule has 0 saturated heterocycles. The van der Waals surface area contributed by atoms with Gasteiger partial charge in [0.05, 0.1) is 17.9 Å². The van der Waals surface area contributed by atoms with E-state index in [4.69, 9.17) is 11.6 Å². The lowest BCUT2D eigenvalue weighted by Crippen LogP contribution is -2.00. The largest absolute Gasteiger partial charge is 0.340 e. The molecule has 0 spiro atoms. The second-order valence-electron chi connectivity index (χ2n) is 5.44. The van der Waals surface area contributed by atoms with Crippen LogP contribution < -0.4 is 5.32 Å². The third-order valence-electron chi connectivity index (χ3n) is 3.68. The Hall–Kier alpha value is -3.19. The van der Waals surface area contributed by atoms with E-state index >= 15 is 0 Å². The van der Waals surface area contributed by atoms with Gasteiger partial charge in [-0.3, -0.25) is 0 Å². The van der Waals surface area contributed by atoms with Crippen LogP contribution in [-0.4, -0.2) is 20.2 Å². The van der Waals surface area contributed by atoms with Crippen molar-refractivity contribution in [3.8, 4) is 11.4 Å². The molecule has 0 unspecified atom stereocenters. The first kappa shape index (κ1) is 16.3. The third kappa shape index (κ3) is 3.16. The second-order valence-corrected chi connectivity index (χ2v) is 5.88. The molecule has 1 N–H and O–H groups in total. The molecule has 0 radical (unpaired) electrons. The van der Waals surface area contributed by atoms with Crippen LogP contribution in [0, 0.1) is 11.6 Å². The number of anilines is 2. The Kier molecular flexibility index (Phi) is 4.14. The SMILES string of the molecule is Fc1ccc(Nc2nc(-c3ccnnc3)nc3cc(Cl)ccc23)cc1F. The summed E-state index contributed by atoms with van der Waals surface area (Å²) in [6.07, 6.45) is 3.07. The molecule has 0 atom stereocenters. The molecule has 4 aromatic rings. The van der Waals surface area contributed by atoms with Crippen molar-refractivity contribution in [2.75, 3.05) is 5.32 Å². The predicted molar refractivity (Wildman–Crippen MR) is 95.2 cm³/mol. The normalized spacial score (nSPS) is 10.9. The highest BCUT2D eigenvalue weighted by Crippen LogP contribution is 2.29. The molecule has 2 aromatic heterocycles. The molecule has 0 aliphatic rings. The number of nitrogens with zero attached hydrogens (tertiary/aromatic N) is 4. The fourth-order valence-electron chi connectivity index (χ4n) is 2.46. The van der Waals surface area contributed by atoms with Gasteiger partial charge in [-0.05, 0) is 36.4 Å². The number of fused-ring (bicyclic) bond motifs is 1. The minimum absolute atomic E-state index is 0.359. The molecule has 4 rings (SSSR count). The average Bonchev–Trinajstić information content (AvgIpc) is 2.65. The Morgan fingerprint density at radius 1 is 0.885 bits per heavy atom. The number of nitrogens with one attached hydrogen (secondary N) is 1. The highest BCUT2D eigenvalue weighted by atomic mass is 35.5. The van der Waals surface area contributed by atoms with Gasteiger partial charge in [0.2, 0.25) is 0 Å². The van der Waals surface area contributed by atoms with Gasteiger partial charge in [0.1, 0.15) is 5.82 Å². The zero-order chi connectivity index (χ0) is 18.1. The van der Waals surface area contributed by atoms with Crippen molar-refractivity contribution in [2.45, 2.75) is 0 Å². The maximum absolute atomic E-state index is 13.5. The van der Waals surface area contributed by atoms with Gasteiger partial charge in [0.25, 0.3) is 0 Å². The summed E-state index contributed by atoms with van der Waals surface area (Å²) in [5, 5.41) is 11.8. The second kappa shape index (κ2) is 6.61. The molecule has 0 bridgehead atoms.